The summed E-state index contributed by atoms with van der Waals surface area (Å²) in [4.78, 5) is 33.4. The summed E-state index contributed by atoms with van der Waals surface area (Å²) in [5, 5.41) is 13.0. The van der Waals surface area contributed by atoms with Gasteiger partial charge in [-0.3, -0.25) is 14.9 Å². The Balaban J connectivity index is 1.95. The van der Waals surface area contributed by atoms with Crippen molar-refractivity contribution in [2.45, 2.75) is 0 Å². The maximum absolute atomic E-state index is 13.0. The normalized spacial score (nSPS) is 10.0. The highest BCUT2D eigenvalue weighted by molar-refractivity contribution is 5.98. The van der Waals surface area contributed by atoms with Gasteiger partial charge >= 0.3 is 5.97 Å². The van der Waals surface area contributed by atoms with Gasteiger partial charge in [-0.05, 0) is 24.3 Å². The number of nitrogen functional groups attached to an aromatic ring is 1. The lowest BCUT2D eigenvalue weighted by molar-refractivity contribution is -0.384. The number of halogens is 1. The number of esters is 1. The van der Waals surface area contributed by atoms with E-state index >= 15 is 0 Å². The third-order valence-corrected chi connectivity index (χ3v) is 2.91. The summed E-state index contributed by atoms with van der Waals surface area (Å²) < 4.78 is 17.8. The Kier molecular flexibility index (Phi) is 5.05. The molecule has 0 heterocycles. The molecule has 0 unspecified atom stereocenters. The molecule has 2 rings (SSSR count). The third kappa shape index (κ3) is 4.26. The molecule has 0 aliphatic heterocycles. The molecule has 0 bridgehead atoms. The summed E-state index contributed by atoms with van der Waals surface area (Å²) in [6.45, 7) is -0.619. The fourth-order valence-electron chi connectivity index (χ4n) is 1.82. The van der Waals surface area contributed by atoms with Gasteiger partial charge in [-0.25, -0.2) is 9.18 Å². The van der Waals surface area contributed by atoms with Gasteiger partial charge in [0.05, 0.1) is 16.2 Å². The SMILES string of the molecule is Nc1cc([N+](=O)[O-])ccc1C(=O)OCC(=O)Nc1cccc(F)c1. The zero-order valence-electron chi connectivity index (χ0n) is 12.2. The van der Waals surface area contributed by atoms with Crippen LogP contribution in [-0.4, -0.2) is 23.4 Å². The number of non-ortho nitro benzene ring substituents is 1. The second-order valence-corrected chi connectivity index (χ2v) is 4.66. The van der Waals surface area contributed by atoms with Crippen molar-refractivity contribution in [3.8, 4) is 0 Å². The highest BCUT2D eigenvalue weighted by Gasteiger charge is 2.16. The van der Waals surface area contributed by atoms with Crippen LogP contribution in [0.25, 0.3) is 0 Å². The van der Waals surface area contributed by atoms with Crippen molar-refractivity contribution in [1.82, 2.24) is 0 Å². The number of hydrogen-bond donors (Lipinski definition) is 2. The van der Waals surface area contributed by atoms with Gasteiger partial charge in [0.25, 0.3) is 11.6 Å². The number of nitrogens with two attached hydrogens (primary N) is 1. The van der Waals surface area contributed by atoms with Gasteiger partial charge in [0.15, 0.2) is 6.61 Å². The largest absolute Gasteiger partial charge is 0.452 e. The molecule has 0 fully saturated rings. The summed E-state index contributed by atoms with van der Waals surface area (Å²) in [5.74, 6) is -2.10. The molecule has 0 radical (unpaired) electrons. The van der Waals surface area contributed by atoms with E-state index in [1.807, 2.05) is 0 Å². The van der Waals surface area contributed by atoms with Crippen molar-refractivity contribution in [2.75, 3.05) is 17.7 Å². The molecule has 0 saturated heterocycles. The number of nitrogens with zero attached hydrogens (tertiary/aromatic N) is 1. The Morgan fingerprint density at radius 3 is 2.62 bits per heavy atom. The van der Waals surface area contributed by atoms with Crippen molar-refractivity contribution >= 4 is 28.9 Å². The summed E-state index contributed by atoms with van der Waals surface area (Å²) in [5.41, 5.74) is 5.27. The Morgan fingerprint density at radius 2 is 2.00 bits per heavy atom. The molecule has 0 spiro atoms. The highest BCUT2D eigenvalue weighted by Crippen LogP contribution is 2.20. The molecule has 8 nitrogen and oxygen atoms in total. The first-order valence-corrected chi connectivity index (χ1v) is 6.63. The van der Waals surface area contributed by atoms with Crippen LogP contribution in [0.15, 0.2) is 42.5 Å². The molecule has 2 aromatic carbocycles. The van der Waals surface area contributed by atoms with E-state index in [0.717, 1.165) is 24.3 Å². The Morgan fingerprint density at radius 1 is 1.25 bits per heavy atom. The molecule has 0 aliphatic carbocycles. The molecule has 0 aromatic heterocycles. The average molecular weight is 333 g/mol. The summed E-state index contributed by atoms with van der Waals surface area (Å²) >= 11 is 0. The predicted octanol–water partition coefficient (Wildman–Crippen LogP) is 2.11. The first-order chi connectivity index (χ1) is 11.4. The molecule has 124 valence electrons. The summed E-state index contributed by atoms with van der Waals surface area (Å²) in [6.07, 6.45) is 0. The van der Waals surface area contributed by atoms with Crippen LogP contribution in [0.3, 0.4) is 0 Å². The van der Waals surface area contributed by atoms with E-state index in [0.29, 0.717) is 0 Å². The van der Waals surface area contributed by atoms with E-state index in [1.165, 1.54) is 18.2 Å². The number of hydrogen-bond acceptors (Lipinski definition) is 6. The smallest absolute Gasteiger partial charge is 0.340 e. The number of nitro benzene ring substituents is 1. The van der Waals surface area contributed by atoms with Gasteiger partial charge in [0, 0.05) is 17.8 Å². The molecular weight excluding hydrogens is 321 g/mol. The minimum Gasteiger partial charge on any atom is -0.452 e. The number of carbonyl (C=O) groups excluding carboxylic acids is 2. The fourth-order valence-corrected chi connectivity index (χ4v) is 1.82. The third-order valence-electron chi connectivity index (χ3n) is 2.91. The zero-order chi connectivity index (χ0) is 17.7. The minimum absolute atomic E-state index is 0.0980. The van der Waals surface area contributed by atoms with Crippen LogP contribution < -0.4 is 11.1 Å². The Hall–Kier alpha value is -3.49. The molecule has 0 atom stereocenters. The van der Waals surface area contributed by atoms with Crippen molar-refractivity contribution in [1.29, 1.82) is 0 Å². The van der Waals surface area contributed by atoms with Crippen LogP contribution in [0.5, 0.6) is 0 Å². The molecule has 24 heavy (non-hydrogen) atoms. The van der Waals surface area contributed by atoms with Crippen molar-refractivity contribution in [2.24, 2.45) is 0 Å². The first-order valence-electron chi connectivity index (χ1n) is 6.63. The van der Waals surface area contributed by atoms with Gasteiger partial charge in [0.2, 0.25) is 0 Å². The van der Waals surface area contributed by atoms with Crippen molar-refractivity contribution in [3.63, 3.8) is 0 Å². The molecule has 9 heteroatoms. The molecule has 0 aliphatic rings. The lowest BCUT2D eigenvalue weighted by Crippen LogP contribution is -2.21. The number of carbonyl (C=O) groups is 2. The molecule has 2 aromatic rings. The van der Waals surface area contributed by atoms with E-state index in [1.54, 1.807) is 0 Å². The van der Waals surface area contributed by atoms with E-state index in [4.69, 9.17) is 10.5 Å². The number of rotatable bonds is 5. The van der Waals surface area contributed by atoms with Gasteiger partial charge in [-0.2, -0.15) is 0 Å². The molecular formula is C15H12FN3O5. The highest BCUT2D eigenvalue weighted by atomic mass is 19.1. The molecule has 3 N–H and O–H groups in total. The lowest BCUT2D eigenvalue weighted by Gasteiger charge is -2.08. The van der Waals surface area contributed by atoms with Crippen molar-refractivity contribution in [3.05, 3.63) is 64.0 Å². The zero-order valence-corrected chi connectivity index (χ0v) is 12.2. The van der Waals surface area contributed by atoms with Gasteiger partial charge < -0.3 is 15.8 Å². The number of nitro groups is 1. The number of anilines is 2. The number of amides is 1. The number of benzene rings is 2. The quantitative estimate of drug-likeness (QED) is 0.374. The monoisotopic (exact) mass is 333 g/mol. The second-order valence-electron chi connectivity index (χ2n) is 4.66. The van der Waals surface area contributed by atoms with Crippen LogP contribution in [0.4, 0.5) is 21.5 Å². The van der Waals surface area contributed by atoms with Crippen LogP contribution in [-0.2, 0) is 9.53 Å². The minimum atomic E-state index is -0.906. The van der Waals surface area contributed by atoms with Crippen LogP contribution >= 0.6 is 0 Å². The molecule has 1 amide bonds. The van der Waals surface area contributed by atoms with Crippen LogP contribution in [0.1, 0.15) is 10.4 Å². The first kappa shape index (κ1) is 16.9. The lowest BCUT2D eigenvalue weighted by atomic mass is 10.1. The number of ether oxygens (including phenoxy) is 1. The van der Waals surface area contributed by atoms with Crippen molar-refractivity contribution < 1.29 is 23.6 Å². The number of nitrogens with one attached hydrogen (secondary N) is 1. The molecule has 0 saturated carbocycles. The average Bonchev–Trinajstić information content (AvgIpc) is 2.52. The predicted molar refractivity (Wildman–Crippen MR) is 82.8 cm³/mol. The Bertz CT molecular complexity index is 809. The van der Waals surface area contributed by atoms with E-state index in [9.17, 15) is 24.1 Å². The summed E-state index contributed by atoms with van der Waals surface area (Å²) in [7, 11) is 0. The second kappa shape index (κ2) is 7.18. The maximum atomic E-state index is 13.0. The fraction of sp³-hybridized carbons (Fsp3) is 0.0667. The van der Waals surface area contributed by atoms with Gasteiger partial charge in [-0.15, -0.1) is 0 Å². The van der Waals surface area contributed by atoms with Crippen LogP contribution in [0, 0.1) is 15.9 Å². The van der Waals surface area contributed by atoms with E-state index in [2.05, 4.69) is 5.32 Å². The topological polar surface area (TPSA) is 125 Å². The van der Waals surface area contributed by atoms with E-state index < -0.39 is 29.2 Å². The Labute approximate surface area is 135 Å². The standard InChI is InChI=1S/C15H12FN3O5/c16-9-2-1-3-10(6-9)18-14(20)8-24-15(21)12-5-4-11(19(22)23)7-13(12)17/h1-7H,8,17H2,(H,18,20). The van der Waals surface area contributed by atoms with Crippen LogP contribution in [0.2, 0.25) is 0 Å². The maximum Gasteiger partial charge on any atom is 0.340 e. The van der Waals surface area contributed by atoms with E-state index in [-0.39, 0.29) is 22.6 Å². The van der Waals surface area contributed by atoms with Gasteiger partial charge in [-0.1, -0.05) is 6.07 Å². The van der Waals surface area contributed by atoms with Gasteiger partial charge in [0.1, 0.15) is 5.82 Å². The summed E-state index contributed by atoms with van der Waals surface area (Å²) in [6, 6.07) is 8.45.